The standard InChI is InChI=1S/C18H16Br2N2O5/c1-25-15-8-11(7-14(20)17(15)27-10-16(23)26-2)9-21-22-18(24)12-5-3-4-6-13(12)19/h3-9H,10H2,1-2H3,(H,22,24)/b21-9+. The van der Waals surface area contributed by atoms with Crippen LogP contribution in [0, 0.1) is 0 Å². The summed E-state index contributed by atoms with van der Waals surface area (Å²) in [7, 11) is 2.75. The fraction of sp³-hybridized carbons (Fsp3) is 0.167. The molecule has 1 N–H and O–H groups in total. The number of nitrogens with one attached hydrogen (secondary N) is 1. The first kappa shape index (κ1) is 20.9. The third-order valence-electron chi connectivity index (χ3n) is 3.31. The van der Waals surface area contributed by atoms with E-state index in [1.807, 2.05) is 6.07 Å². The maximum atomic E-state index is 12.1. The van der Waals surface area contributed by atoms with E-state index < -0.39 is 5.97 Å². The summed E-state index contributed by atoms with van der Waals surface area (Å²) >= 11 is 6.68. The van der Waals surface area contributed by atoms with Crippen LogP contribution in [0.15, 0.2) is 50.4 Å². The number of amides is 1. The molecule has 1 amide bonds. The predicted molar refractivity (Wildman–Crippen MR) is 107 cm³/mol. The first-order chi connectivity index (χ1) is 13.0. The number of halogens is 2. The normalized spacial score (nSPS) is 10.5. The summed E-state index contributed by atoms with van der Waals surface area (Å²) < 4.78 is 16.5. The predicted octanol–water partition coefficient (Wildman–Crippen LogP) is 3.54. The lowest BCUT2D eigenvalue weighted by atomic mass is 10.2. The molecule has 2 rings (SSSR count). The maximum Gasteiger partial charge on any atom is 0.343 e. The Morgan fingerprint density at radius 3 is 2.56 bits per heavy atom. The highest BCUT2D eigenvalue weighted by Gasteiger charge is 2.13. The van der Waals surface area contributed by atoms with Crippen LogP contribution in [0.3, 0.4) is 0 Å². The fourth-order valence-electron chi connectivity index (χ4n) is 2.02. The smallest absolute Gasteiger partial charge is 0.343 e. The van der Waals surface area contributed by atoms with Gasteiger partial charge in [-0.2, -0.15) is 5.10 Å². The molecule has 7 nitrogen and oxygen atoms in total. The molecule has 0 aromatic heterocycles. The van der Waals surface area contributed by atoms with Gasteiger partial charge in [0.2, 0.25) is 0 Å². The highest BCUT2D eigenvalue weighted by molar-refractivity contribution is 9.10. The molecule has 9 heteroatoms. The van der Waals surface area contributed by atoms with E-state index in [1.54, 1.807) is 30.3 Å². The second kappa shape index (κ2) is 10.1. The second-order valence-electron chi connectivity index (χ2n) is 5.08. The molecule has 0 fully saturated rings. The molecule has 0 saturated heterocycles. The summed E-state index contributed by atoms with van der Waals surface area (Å²) in [5, 5.41) is 3.96. The lowest BCUT2D eigenvalue weighted by Gasteiger charge is -2.12. The minimum atomic E-state index is -0.510. The Hall–Kier alpha value is -2.39. The molecule has 0 aliphatic carbocycles. The number of carbonyl (C=O) groups excluding carboxylic acids is 2. The third-order valence-corrected chi connectivity index (χ3v) is 4.59. The highest BCUT2D eigenvalue weighted by Crippen LogP contribution is 2.36. The third kappa shape index (κ3) is 5.80. The van der Waals surface area contributed by atoms with Crippen molar-refractivity contribution in [3.63, 3.8) is 0 Å². The minimum Gasteiger partial charge on any atom is -0.493 e. The zero-order valence-electron chi connectivity index (χ0n) is 14.5. The summed E-state index contributed by atoms with van der Waals surface area (Å²) in [5.41, 5.74) is 3.58. The number of ether oxygens (including phenoxy) is 3. The van der Waals surface area contributed by atoms with E-state index in [9.17, 15) is 9.59 Å². The lowest BCUT2D eigenvalue weighted by molar-refractivity contribution is -0.142. The van der Waals surface area contributed by atoms with Gasteiger partial charge < -0.3 is 14.2 Å². The molecule has 27 heavy (non-hydrogen) atoms. The van der Waals surface area contributed by atoms with E-state index in [-0.39, 0.29) is 12.5 Å². The van der Waals surface area contributed by atoms with Crippen LogP contribution >= 0.6 is 31.9 Å². The van der Waals surface area contributed by atoms with E-state index in [0.29, 0.717) is 31.6 Å². The van der Waals surface area contributed by atoms with Gasteiger partial charge in [0.25, 0.3) is 5.91 Å². The molecule has 0 unspecified atom stereocenters. The first-order valence-corrected chi connectivity index (χ1v) is 9.20. The number of nitrogens with zero attached hydrogens (tertiary/aromatic N) is 1. The van der Waals surface area contributed by atoms with Gasteiger partial charge in [-0.1, -0.05) is 12.1 Å². The van der Waals surface area contributed by atoms with Gasteiger partial charge in [-0.3, -0.25) is 4.79 Å². The Balaban J connectivity index is 2.11. The van der Waals surface area contributed by atoms with Crippen molar-refractivity contribution < 1.29 is 23.8 Å². The number of esters is 1. The van der Waals surface area contributed by atoms with Crippen molar-refractivity contribution in [2.75, 3.05) is 20.8 Å². The topological polar surface area (TPSA) is 86.2 Å². The second-order valence-corrected chi connectivity index (χ2v) is 6.79. The van der Waals surface area contributed by atoms with Gasteiger partial charge in [0, 0.05) is 4.47 Å². The van der Waals surface area contributed by atoms with Crippen LogP contribution in [0.2, 0.25) is 0 Å². The first-order valence-electron chi connectivity index (χ1n) is 7.61. The van der Waals surface area contributed by atoms with Crippen molar-refractivity contribution in [3.8, 4) is 11.5 Å². The van der Waals surface area contributed by atoms with Crippen LogP contribution < -0.4 is 14.9 Å². The molecule has 142 valence electrons. The molecule has 0 aliphatic rings. The van der Waals surface area contributed by atoms with Crippen molar-refractivity contribution in [1.29, 1.82) is 0 Å². The largest absolute Gasteiger partial charge is 0.493 e. The van der Waals surface area contributed by atoms with Gasteiger partial charge in [-0.25, -0.2) is 10.2 Å². The zero-order chi connectivity index (χ0) is 19.8. The Bertz CT molecular complexity index is 871. The molecule has 0 saturated carbocycles. The molecule has 2 aromatic carbocycles. The van der Waals surface area contributed by atoms with E-state index in [4.69, 9.17) is 9.47 Å². The number of hydrazone groups is 1. The van der Waals surface area contributed by atoms with Crippen LogP contribution in [0.1, 0.15) is 15.9 Å². The summed E-state index contributed by atoms with van der Waals surface area (Å²) in [4.78, 5) is 23.4. The van der Waals surface area contributed by atoms with Crippen molar-refractivity contribution in [2.45, 2.75) is 0 Å². The Morgan fingerprint density at radius 2 is 1.89 bits per heavy atom. The van der Waals surface area contributed by atoms with Crippen LogP contribution in [0.5, 0.6) is 11.5 Å². The Labute approximate surface area is 172 Å². The van der Waals surface area contributed by atoms with Crippen LogP contribution in [0.25, 0.3) is 0 Å². The van der Waals surface area contributed by atoms with Crippen LogP contribution in [0.4, 0.5) is 0 Å². The monoisotopic (exact) mass is 498 g/mol. The van der Waals surface area contributed by atoms with Gasteiger partial charge in [-0.05, 0) is 61.7 Å². The summed E-state index contributed by atoms with van der Waals surface area (Å²) in [6, 6.07) is 10.4. The van der Waals surface area contributed by atoms with Crippen LogP contribution in [-0.4, -0.2) is 38.9 Å². The summed E-state index contributed by atoms with van der Waals surface area (Å²) in [5.74, 6) is -0.101. The van der Waals surface area contributed by atoms with Crippen molar-refractivity contribution >= 4 is 50.0 Å². The molecule has 0 bridgehead atoms. The fourth-order valence-corrected chi connectivity index (χ4v) is 3.05. The Morgan fingerprint density at radius 1 is 1.15 bits per heavy atom. The number of rotatable bonds is 7. The van der Waals surface area contributed by atoms with Crippen LogP contribution in [-0.2, 0) is 9.53 Å². The minimum absolute atomic E-state index is 0.249. The average Bonchev–Trinajstić information content (AvgIpc) is 2.66. The number of hydrogen-bond acceptors (Lipinski definition) is 6. The molecule has 0 radical (unpaired) electrons. The van der Waals surface area contributed by atoms with Crippen molar-refractivity contribution in [2.24, 2.45) is 5.10 Å². The average molecular weight is 500 g/mol. The van der Waals surface area contributed by atoms with Crippen molar-refractivity contribution in [3.05, 3.63) is 56.5 Å². The van der Waals surface area contributed by atoms with Crippen molar-refractivity contribution in [1.82, 2.24) is 5.43 Å². The molecule has 0 spiro atoms. The van der Waals surface area contributed by atoms with E-state index in [2.05, 4.69) is 47.1 Å². The number of carbonyl (C=O) groups is 2. The summed E-state index contributed by atoms with van der Waals surface area (Å²) in [6.45, 7) is -0.249. The molecular formula is C18H16Br2N2O5. The van der Waals surface area contributed by atoms with Gasteiger partial charge in [0.1, 0.15) is 0 Å². The quantitative estimate of drug-likeness (QED) is 0.357. The lowest BCUT2D eigenvalue weighted by Crippen LogP contribution is -2.18. The molecular weight excluding hydrogens is 484 g/mol. The van der Waals surface area contributed by atoms with Gasteiger partial charge >= 0.3 is 5.97 Å². The number of hydrogen-bond donors (Lipinski definition) is 1. The van der Waals surface area contributed by atoms with E-state index in [1.165, 1.54) is 20.4 Å². The summed E-state index contributed by atoms with van der Waals surface area (Å²) in [6.07, 6.45) is 1.46. The molecule has 0 heterocycles. The SMILES string of the molecule is COC(=O)COc1c(Br)cc(/C=N/NC(=O)c2ccccc2Br)cc1OC. The van der Waals surface area contributed by atoms with Gasteiger partial charge in [-0.15, -0.1) is 0 Å². The molecule has 0 atom stereocenters. The number of methoxy groups -OCH3 is 2. The molecule has 2 aromatic rings. The Kier molecular flexibility index (Phi) is 7.81. The van der Waals surface area contributed by atoms with Gasteiger partial charge in [0.05, 0.1) is 30.5 Å². The van der Waals surface area contributed by atoms with E-state index in [0.717, 1.165) is 0 Å². The maximum absolute atomic E-state index is 12.1. The zero-order valence-corrected chi connectivity index (χ0v) is 17.7. The van der Waals surface area contributed by atoms with Gasteiger partial charge in [0.15, 0.2) is 18.1 Å². The highest BCUT2D eigenvalue weighted by atomic mass is 79.9. The van der Waals surface area contributed by atoms with E-state index >= 15 is 0 Å². The molecule has 0 aliphatic heterocycles. The number of benzene rings is 2.